The van der Waals surface area contributed by atoms with Gasteiger partial charge in [0.05, 0.1) is 17.7 Å². The molecule has 0 spiro atoms. The van der Waals surface area contributed by atoms with Crippen molar-refractivity contribution in [2.24, 2.45) is 0 Å². The van der Waals surface area contributed by atoms with Crippen LogP contribution in [-0.4, -0.2) is 23.1 Å². The molecule has 1 heterocycles. The fourth-order valence-electron chi connectivity index (χ4n) is 2.83. The zero-order valence-electron chi connectivity index (χ0n) is 15.8. The molecule has 4 rings (SSSR count). The normalized spacial score (nSPS) is 10.6. The lowest BCUT2D eigenvalue weighted by Gasteiger charge is -2.10. The van der Waals surface area contributed by atoms with Gasteiger partial charge in [-0.2, -0.15) is 0 Å². The second kappa shape index (κ2) is 8.52. The molecule has 6 nitrogen and oxygen atoms in total. The molecule has 0 saturated carbocycles. The molecule has 8 heteroatoms. The number of ether oxygens (including phenoxy) is 1. The number of nitrogens with one attached hydrogen (secondary N) is 2. The topological polar surface area (TPSA) is 76.4 Å². The molecule has 0 atom stereocenters. The number of oxazole rings is 1. The Balaban J connectivity index is 1.44. The number of carbonyl (C=O) groups is 1. The van der Waals surface area contributed by atoms with Crippen molar-refractivity contribution in [1.82, 2.24) is 10.3 Å². The first-order valence-corrected chi connectivity index (χ1v) is 9.74. The molecule has 0 saturated heterocycles. The largest absolute Gasteiger partial charge is 0.497 e. The van der Waals surface area contributed by atoms with Crippen LogP contribution >= 0.6 is 23.8 Å². The Morgan fingerprint density at radius 3 is 2.60 bits per heavy atom. The van der Waals surface area contributed by atoms with Gasteiger partial charge in [0, 0.05) is 17.3 Å². The number of fused-ring (bicyclic) bond motifs is 1. The van der Waals surface area contributed by atoms with Gasteiger partial charge in [-0.1, -0.05) is 23.7 Å². The molecule has 1 aromatic heterocycles. The number of anilines is 1. The van der Waals surface area contributed by atoms with Crippen LogP contribution in [0.5, 0.6) is 5.75 Å². The molecule has 0 aliphatic heterocycles. The number of rotatable bonds is 4. The maximum atomic E-state index is 12.3. The molecular weight excluding hydrogens is 422 g/mol. The Kier molecular flexibility index (Phi) is 5.65. The molecular formula is C22H16ClN3O3S. The first-order valence-electron chi connectivity index (χ1n) is 8.95. The van der Waals surface area contributed by atoms with E-state index in [0.717, 1.165) is 11.1 Å². The van der Waals surface area contributed by atoms with Gasteiger partial charge in [-0.15, -0.1) is 0 Å². The molecule has 0 aliphatic rings. The zero-order chi connectivity index (χ0) is 21.1. The minimum absolute atomic E-state index is 0.168. The number of aromatic nitrogens is 1. The van der Waals surface area contributed by atoms with E-state index in [0.29, 0.717) is 33.5 Å². The van der Waals surface area contributed by atoms with Gasteiger partial charge in [-0.25, -0.2) is 4.98 Å². The summed E-state index contributed by atoms with van der Waals surface area (Å²) in [6, 6.07) is 19.6. The highest BCUT2D eigenvalue weighted by atomic mass is 35.5. The summed E-state index contributed by atoms with van der Waals surface area (Å²) in [4.78, 5) is 16.8. The fraction of sp³-hybridized carbons (Fsp3) is 0.0455. The number of hydrogen-bond acceptors (Lipinski definition) is 5. The predicted octanol–water partition coefficient (Wildman–Crippen LogP) is 5.28. The van der Waals surface area contributed by atoms with Crippen molar-refractivity contribution in [2.75, 3.05) is 12.4 Å². The van der Waals surface area contributed by atoms with Crippen molar-refractivity contribution in [2.45, 2.75) is 0 Å². The van der Waals surface area contributed by atoms with E-state index in [2.05, 4.69) is 15.6 Å². The Morgan fingerprint density at radius 1 is 1.10 bits per heavy atom. The summed E-state index contributed by atoms with van der Waals surface area (Å²) in [5, 5.41) is 6.11. The first-order chi connectivity index (χ1) is 14.5. The fourth-order valence-corrected chi connectivity index (χ4v) is 3.26. The molecule has 4 aromatic rings. The van der Waals surface area contributed by atoms with Gasteiger partial charge in [0.2, 0.25) is 5.89 Å². The van der Waals surface area contributed by atoms with Gasteiger partial charge in [0.15, 0.2) is 10.7 Å². The van der Waals surface area contributed by atoms with Gasteiger partial charge in [0.25, 0.3) is 5.91 Å². The third-order valence-electron chi connectivity index (χ3n) is 4.33. The number of amides is 1. The smallest absolute Gasteiger partial charge is 0.258 e. The van der Waals surface area contributed by atoms with Crippen molar-refractivity contribution >= 4 is 51.6 Å². The second-order valence-corrected chi connectivity index (χ2v) is 7.13. The molecule has 1 amide bonds. The minimum atomic E-state index is -0.378. The van der Waals surface area contributed by atoms with Crippen LogP contribution in [0.4, 0.5) is 5.69 Å². The average Bonchev–Trinajstić information content (AvgIpc) is 3.17. The van der Waals surface area contributed by atoms with Gasteiger partial charge >= 0.3 is 0 Å². The number of halogens is 1. The van der Waals surface area contributed by atoms with E-state index in [9.17, 15) is 4.79 Å². The highest BCUT2D eigenvalue weighted by Crippen LogP contribution is 2.27. The van der Waals surface area contributed by atoms with E-state index in [4.69, 9.17) is 33.0 Å². The molecule has 150 valence electrons. The van der Waals surface area contributed by atoms with Crippen molar-refractivity contribution in [3.05, 3.63) is 77.3 Å². The molecule has 3 aromatic carbocycles. The molecule has 30 heavy (non-hydrogen) atoms. The Morgan fingerprint density at radius 2 is 1.87 bits per heavy atom. The van der Waals surface area contributed by atoms with Crippen molar-refractivity contribution in [1.29, 1.82) is 0 Å². The highest BCUT2D eigenvalue weighted by molar-refractivity contribution is 7.80. The first kappa shape index (κ1) is 19.9. The Bertz CT molecular complexity index is 1240. The number of methoxy groups -OCH3 is 1. The summed E-state index contributed by atoms with van der Waals surface area (Å²) in [7, 11) is 1.61. The van der Waals surface area contributed by atoms with Gasteiger partial charge in [-0.05, 0) is 60.7 Å². The lowest BCUT2D eigenvalue weighted by atomic mass is 10.2. The lowest BCUT2D eigenvalue weighted by Crippen LogP contribution is -2.34. The molecule has 0 bridgehead atoms. The van der Waals surface area contributed by atoms with E-state index in [1.807, 2.05) is 42.5 Å². The molecule has 0 unspecified atom stereocenters. The van der Waals surface area contributed by atoms with E-state index in [1.165, 1.54) is 0 Å². The van der Waals surface area contributed by atoms with Crippen LogP contribution in [0.15, 0.2) is 71.1 Å². The SMILES string of the molecule is COc1ccc2oc(-c3ccc(NC(=S)NC(=O)c4ccccc4Cl)cc3)nc2c1. The van der Waals surface area contributed by atoms with Crippen LogP contribution in [0.1, 0.15) is 10.4 Å². The van der Waals surface area contributed by atoms with Crippen LogP contribution in [0.25, 0.3) is 22.6 Å². The third-order valence-corrected chi connectivity index (χ3v) is 4.86. The summed E-state index contributed by atoms with van der Waals surface area (Å²) >= 11 is 11.3. The van der Waals surface area contributed by atoms with Crippen molar-refractivity contribution in [3.8, 4) is 17.2 Å². The average molecular weight is 438 g/mol. The predicted molar refractivity (Wildman–Crippen MR) is 121 cm³/mol. The number of nitrogens with zero attached hydrogens (tertiary/aromatic N) is 1. The minimum Gasteiger partial charge on any atom is -0.497 e. The maximum absolute atomic E-state index is 12.3. The summed E-state index contributed by atoms with van der Waals surface area (Å²) in [5.41, 5.74) is 3.26. The summed E-state index contributed by atoms with van der Waals surface area (Å²) in [6.07, 6.45) is 0. The Labute approximate surface area is 182 Å². The van der Waals surface area contributed by atoms with Crippen LogP contribution in [0.3, 0.4) is 0 Å². The van der Waals surface area contributed by atoms with Crippen LogP contribution in [0.2, 0.25) is 5.02 Å². The molecule has 0 fully saturated rings. The van der Waals surface area contributed by atoms with Crippen LogP contribution in [0, 0.1) is 0 Å². The molecule has 2 N–H and O–H groups in total. The summed E-state index contributed by atoms with van der Waals surface area (Å²) in [6.45, 7) is 0. The van der Waals surface area contributed by atoms with Crippen molar-refractivity contribution < 1.29 is 13.9 Å². The van der Waals surface area contributed by atoms with E-state index in [1.54, 1.807) is 31.4 Å². The standard InChI is InChI=1S/C22H16ClN3O3S/c1-28-15-10-11-19-18(12-15)25-21(29-19)13-6-8-14(9-7-13)24-22(30)26-20(27)16-4-2-3-5-17(16)23/h2-12H,1H3,(H2,24,26,27,30). The summed E-state index contributed by atoms with van der Waals surface area (Å²) < 4.78 is 11.0. The summed E-state index contributed by atoms with van der Waals surface area (Å²) in [5.74, 6) is 0.838. The Hall–Kier alpha value is -3.42. The molecule has 0 aliphatic carbocycles. The van der Waals surface area contributed by atoms with E-state index < -0.39 is 0 Å². The van der Waals surface area contributed by atoms with E-state index >= 15 is 0 Å². The zero-order valence-corrected chi connectivity index (χ0v) is 17.4. The van der Waals surface area contributed by atoms with Crippen LogP contribution < -0.4 is 15.4 Å². The third kappa shape index (κ3) is 4.27. The quantitative estimate of drug-likeness (QED) is 0.423. The monoisotopic (exact) mass is 437 g/mol. The van der Waals surface area contributed by atoms with Crippen molar-refractivity contribution in [3.63, 3.8) is 0 Å². The lowest BCUT2D eigenvalue weighted by molar-refractivity contribution is 0.0978. The maximum Gasteiger partial charge on any atom is 0.258 e. The molecule has 0 radical (unpaired) electrons. The van der Waals surface area contributed by atoms with E-state index in [-0.39, 0.29) is 11.0 Å². The number of thiocarbonyl (C=S) groups is 1. The number of hydrogen-bond donors (Lipinski definition) is 2. The van der Waals surface area contributed by atoms with Gasteiger partial charge in [0.1, 0.15) is 11.3 Å². The highest BCUT2D eigenvalue weighted by Gasteiger charge is 2.12. The second-order valence-electron chi connectivity index (χ2n) is 6.32. The van der Waals surface area contributed by atoms with Crippen LogP contribution in [-0.2, 0) is 0 Å². The van der Waals surface area contributed by atoms with Gasteiger partial charge in [-0.3, -0.25) is 10.1 Å². The number of benzene rings is 3. The van der Waals surface area contributed by atoms with Gasteiger partial charge < -0.3 is 14.5 Å². The number of carbonyl (C=O) groups excluding carboxylic acids is 1.